The number of benzene rings is 1. The van der Waals surface area contributed by atoms with Gasteiger partial charge < -0.3 is 10.3 Å². The summed E-state index contributed by atoms with van der Waals surface area (Å²) in [5.41, 5.74) is 6.67. The van der Waals surface area contributed by atoms with Gasteiger partial charge in [0.25, 0.3) is 0 Å². The van der Waals surface area contributed by atoms with Crippen molar-refractivity contribution in [3.8, 4) is 0 Å². The largest absolute Gasteiger partial charge is 0.338 e. The Labute approximate surface area is 104 Å². The minimum atomic E-state index is -0.837. The molecule has 96 valence electrons. The van der Waals surface area contributed by atoms with Crippen LogP contribution >= 0.6 is 0 Å². The van der Waals surface area contributed by atoms with Gasteiger partial charge in [-0.15, -0.1) is 0 Å². The predicted octanol–water partition coefficient (Wildman–Crippen LogP) is 1.81. The molecule has 1 aromatic heterocycles. The summed E-state index contributed by atoms with van der Waals surface area (Å²) in [6.45, 7) is 0. The van der Waals surface area contributed by atoms with E-state index in [1.165, 1.54) is 6.07 Å². The Kier molecular flexibility index (Phi) is 3.72. The van der Waals surface area contributed by atoms with Crippen molar-refractivity contribution in [3.63, 3.8) is 0 Å². The minimum absolute atomic E-state index is 0.170. The summed E-state index contributed by atoms with van der Waals surface area (Å²) in [4.78, 5) is 4.18. The van der Waals surface area contributed by atoms with E-state index in [2.05, 4.69) is 4.98 Å². The lowest BCUT2D eigenvalue weighted by atomic mass is 10.0. The van der Waals surface area contributed by atoms with Crippen LogP contribution in [0, 0.1) is 11.6 Å². The van der Waals surface area contributed by atoms with Crippen LogP contribution in [0.15, 0.2) is 30.6 Å². The van der Waals surface area contributed by atoms with Gasteiger partial charge in [0.2, 0.25) is 0 Å². The average Bonchev–Trinajstić information content (AvgIpc) is 2.70. The molecule has 2 N–H and O–H groups in total. The van der Waals surface area contributed by atoms with Crippen molar-refractivity contribution in [1.29, 1.82) is 0 Å². The number of halogens is 2. The van der Waals surface area contributed by atoms with E-state index in [1.54, 1.807) is 12.3 Å². The maximum Gasteiger partial charge on any atom is 0.159 e. The van der Waals surface area contributed by atoms with Crippen molar-refractivity contribution in [2.75, 3.05) is 0 Å². The van der Waals surface area contributed by atoms with Crippen LogP contribution in [0.4, 0.5) is 8.78 Å². The second-order valence-corrected chi connectivity index (χ2v) is 4.37. The monoisotopic (exact) mass is 251 g/mol. The Balaban J connectivity index is 2.01. The van der Waals surface area contributed by atoms with Crippen LogP contribution in [0.1, 0.15) is 11.4 Å². The number of rotatable bonds is 4. The van der Waals surface area contributed by atoms with Gasteiger partial charge in [0.05, 0.1) is 0 Å². The molecule has 0 aliphatic carbocycles. The molecule has 5 heteroatoms. The highest BCUT2D eigenvalue weighted by atomic mass is 19.2. The van der Waals surface area contributed by atoms with E-state index in [0.29, 0.717) is 18.4 Å². The average molecular weight is 251 g/mol. The lowest BCUT2D eigenvalue weighted by Gasteiger charge is -2.11. The molecule has 1 unspecified atom stereocenters. The fraction of sp³-hybridized carbons (Fsp3) is 0.308. The Morgan fingerprint density at radius 1 is 1.28 bits per heavy atom. The fourth-order valence-corrected chi connectivity index (χ4v) is 1.87. The molecule has 1 aromatic carbocycles. The standard InChI is InChI=1S/C13H15F2N3/c1-18-5-4-17-13(18)8-10(16)6-9-2-3-11(14)12(15)7-9/h2-5,7,10H,6,8,16H2,1H3. The maximum atomic E-state index is 13.0. The van der Waals surface area contributed by atoms with Crippen LogP contribution in [-0.4, -0.2) is 15.6 Å². The van der Waals surface area contributed by atoms with Crippen LogP contribution in [0.3, 0.4) is 0 Å². The van der Waals surface area contributed by atoms with Gasteiger partial charge >= 0.3 is 0 Å². The molecule has 0 aliphatic heterocycles. The van der Waals surface area contributed by atoms with Crippen LogP contribution in [0.25, 0.3) is 0 Å². The van der Waals surface area contributed by atoms with Gasteiger partial charge in [-0.25, -0.2) is 13.8 Å². The normalized spacial score (nSPS) is 12.7. The number of hydrogen-bond acceptors (Lipinski definition) is 2. The van der Waals surface area contributed by atoms with Crippen molar-refractivity contribution in [2.45, 2.75) is 18.9 Å². The second kappa shape index (κ2) is 5.27. The number of hydrogen-bond donors (Lipinski definition) is 1. The van der Waals surface area contributed by atoms with E-state index in [-0.39, 0.29) is 6.04 Å². The van der Waals surface area contributed by atoms with E-state index in [1.807, 2.05) is 17.8 Å². The quantitative estimate of drug-likeness (QED) is 0.900. The first-order chi connectivity index (χ1) is 8.56. The Bertz CT molecular complexity index is 537. The van der Waals surface area contributed by atoms with Crippen molar-refractivity contribution in [3.05, 3.63) is 53.6 Å². The van der Waals surface area contributed by atoms with Gasteiger partial charge in [0.15, 0.2) is 11.6 Å². The third kappa shape index (κ3) is 2.92. The summed E-state index contributed by atoms with van der Waals surface area (Å²) >= 11 is 0. The highest BCUT2D eigenvalue weighted by Gasteiger charge is 2.10. The SMILES string of the molecule is Cn1ccnc1CC(N)Cc1ccc(F)c(F)c1. The lowest BCUT2D eigenvalue weighted by Crippen LogP contribution is -2.27. The van der Waals surface area contributed by atoms with Crippen molar-refractivity contribution < 1.29 is 8.78 Å². The number of nitrogens with zero attached hydrogens (tertiary/aromatic N) is 2. The van der Waals surface area contributed by atoms with E-state index < -0.39 is 11.6 Å². The first kappa shape index (κ1) is 12.7. The van der Waals surface area contributed by atoms with Gasteiger partial charge in [0.1, 0.15) is 5.82 Å². The molecule has 18 heavy (non-hydrogen) atoms. The zero-order valence-corrected chi connectivity index (χ0v) is 10.1. The molecule has 0 saturated heterocycles. The molecule has 2 rings (SSSR count). The molecule has 0 bridgehead atoms. The number of aryl methyl sites for hydroxylation is 1. The van der Waals surface area contributed by atoms with Crippen molar-refractivity contribution >= 4 is 0 Å². The highest BCUT2D eigenvalue weighted by molar-refractivity contribution is 5.19. The molecule has 0 aliphatic rings. The Morgan fingerprint density at radius 3 is 2.67 bits per heavy atom. The lowest BCUT2D eigenvalue weighted by molar-refractivity contribution is 0.505. The summed E-state index contributed by atoms with van der Waals surface area (Å²) in [5.74, 6) is -0.793. The molecule has 3 nitrogen and oxygen atoms in total. The van der Waals surface area contributed by atoms with E-state index in [9.17, 15) is 8.78 Å². The molecule has 1 heterocycles. The fourth-order valence-electron chi connectivity index (χ4n) is 1.87. The van der Waals surface area contributed by atoms with E-state index in [4.69, 9.17) is 5.73 Å². The third-order valence-corrected chi connectivity index (χ3v) is 2.85. The van der Waals surface area contributed by atoms with Crippen LogP contribution in [0.5, 0.6) is 0 Å². The summed E-state index contributed by atoms with van der Waals surface area (Å²) < 4.78 is 27.7. The molecular weight excluding hydrogens is 236 g/mol. The summed E-state index contributed by atoms with van der Waals surface area (Å²) in [6, 6.07) is 3.69. The van der Waals surface area contributed by atoms with Crippen LogP contribution in [0.2, 0.25) is 0 Å². The Morgan fingerprint density at radius 2 is 2.06 bits per heavy atom. The molecule has 0 spiro atoms. The smallest absolute Gasteiger partial charge is 0.159 e. The van der Waals surface area contributed by atoms with Crippen LogP contribution < -0.4 is 5.73 Å². The summed E-state index contributed by atoms with van der Waals surface area (Å²) in [5, 5.41) is 0. The first-order valence-electron chi connectivity index (χ1n) is 5.72. The predicted molar refractivity (Wildman–Crippen MR) is 64.9 cm³/mol. The van der Waals surface area contributed by atoms with Gasteiger partial charge in [0, 0.05) is 31.9 Å². The third-order valence-electron chi connectivity index (χ3n) is 2.85. The topological polar surface area (TPSA) is 43.8 Å². The zero-order chi connectivity index (χ0) is 13.1. The second-order valence-electron chi connectivity index (χ2n) is 4.37. The molecule has 0 radical (unpaired) electrons. The molecule has 0 saturated carbocycles. The number of aromatic nitrogens is 2. The number of imidazole rings is 1. The Hall–Kier alpha value is -1.75. The van der Waals surface area contributed by atoms with E-state index in [0.717, 1.165) is 11.9 Å². The van der Waals surface area contributed by atoms with Gasteiger partial charge in [-0.1, -0.05) is 6.07 Å². The van der Waals surface area contributed by atoms with Crippen molar-refractivity contribution in [2.24, 2.45) is 12.8 Å². The van der Waals surface area contributed by atoms with Crippen LogP contribution in [-0.2, 0) is 19.9 Å². The number of nitrogens with two attached hydrogens (primary N) is 1. The van der Waals surface area contributed by atoms with Gasteiger partial charge in [-0.3, -0.25) is 0 Å². The molecule has 1 atom stereocenters. The van der Waals surface area contributed by atoms with Crippen molar-refractivity contribution in [1.82, 2.24) is 9.55 Å². The first-order valence-corrected chi connectivity index (χ1v) is 5.72. The summed E-state index contributed by atoms with van der Waals surface area (Å²) in [7, 11) is 1.90. The molecular formula is C13H15F2N3. The minimum Gasteiger partial charge on any atom is -0.338 e. The zero-order valence-electron chi connectivity index (χ0n) is 10.1. The van der Waals surface area contributed by atoms with Gasteiger partial charge in [-0.05, 0) is 24.1 Å². The van der Waals surface area contributed by atoms with Gasteiger partial charge in [-0.2, -0.15) is 0 Å². The molecule has 0 fully saturated rings. The maximum absolute atomic E-state index is 13.0. The molecule has 0 amide bonds. The highest BCUT2D eigenvalue weighted by Crippen LogP contribution is 2.11. The van der Waals surface area contributed by atoms with E-state index >= 15 is 0 Å². The summed E-state index contributed by atoms with van der Waals surface area (Å²) in [6.07, 6.45) is 4.64. The molecule has 2 aromatic rings.